The molecule has 1 saturated heterocycles. The summed E-state index contributed by atoms with van der Waals surface area (Å²) in [6, 6.07) is 0. The molecule has 1 amide bonds. The fourth-order valence-electron chi connectivity index (χ4n) is 2.13. The average Bonchev–Trinajstić information content (AvgIpc) is 2.77. The topological polar surface area (TPSA) is 62.7 Å². The van der Waals surface area contributed by atoms with Crippen LogP contribution in [0.5, 0.6) is 0 Å². The Kier molecular flexibility index (Phi) is 4.94. The van der Waals surface area contributed by atoms with E-state index in [9.17, 15) is 9.59 Å². The molecular formula is C13H19N3O3S. The Hall–Kier alpha value is -1.63. The maximum absolute atomic E-state index is 11.6. The molecule has 0 saturated carbocycles. The smallest absolute Gasteiger partial charge is 0.357 e. The zero-order chi connectivity index (χ0) is 14.5. The van der Waals surface area contributed by atoms with Crippen LogP contribution in [-0.2, 0) is 9.53 Å². The van der Waals surface area contributed by atoms with Gasteiger partial charge < -0.3 is 14.5 Å². The monoisotopic (exact) mass is 297 g/mol. The fourth-order valence-corrected chi connectivity index (χ4v) is 2.98. The van der Waals surface area contributed by atoms with Gasteiger partial charge in [-0.15, -0.1) is 11.3 Å². The van der Waals surface area contributed by atoms with Crippen molar-refractivity contribution in [3.05, 3.63) is 11.1 Å². The van der Waals surface area contributed by atoms with Gasteiger partial charge in [0.1, 0.15) is 0 Å². The summed E-state index contributed by atoms with van der Waals surface area (Å²) in [5.41, 5.74) is 0.361. The maximum atomic E-state index is 11.6. The lowest BCUT2D eigenvalue weighted by Crippen LogP contribution is -2.33. The Balaban J connectivity index is 2.01. The van der Waals surface area contributed by atoms with E-state index in [1.54, 1.807) is 19.2 Å². The van der Waals surface area contributed by atoms with Crippen molar-refractivity contribution in [1.82, 2.24) is 9.88 Å². The Bertz CT molecular complexity index is 489. The number of aromatic nitrogens is 1. The largest absolute Gasteiger partial charge is 0.461 e. The number of thiazole rings is 1. The molecule has 2 heterocycles. The Morgan fingerprint density at radius 1 is 1.35 bits per heavy atom. The van der Waals surface area contributed by atoms with Gasteiger partial charge >= 0.3 is 5.97 Å². The van der Waals surface area contributed by atoms with Gasteiger partial charge in [-0.2, -0.15) is 0 Å². The second kappa shape index (κ2) is 6.69. The molecule has 0 unspecified atom stereocenters. The molecule has 1 aliphatic heterocycles. The molecule has 1 fully saturated rings. The van der Waals surface area contributed by atoms with E-state index in [4.69, 9.17) is 4.74 Å². The molecule has 110 valence electrons. The fraction of sp³-hybridized carbons (Fsp3) is 0.615. The van der Waals surface area contributed by atoms with E-state index in [-0.39, 0.29) is 11.9 Å². The summed E-state index contributed by atoms with van der Waals surface area (Å²) in [7, 11) is 0. The lowest BCUT2D eigenvalue weighted by molar-refractivity contribution is -0.128. The lowest BCUT2D eigenvalue weighted by Gasteiger charge is -2.20. The van der Waals surface area contributed by atoms with E-state index >= 15 is 0 Å². The predicted molar refractivity (Wildman–Crippen MR) is 77.2 cm³/mol. The van der Waals surface area contributed by atoms with Gasteiger partial charge in [0.15, 0.2) is 10.8 Å². The van der Waals surface area contributed by atoms with Crippen molar-refractivity contribution in [3.8, 4) is 0 Å². The summed E-state index contributed by atoms with van der Waals surface area (Å²) in [5.74, 6) is -0.270. The summed E-state index contributed by atoms with van der Waals surface area (Å²) in [5, 5.41) is 2.54. The van der Waals surface area contributed by atoms with Crippen LogP contribution in [0.3, 0.4) is 0 Å². The normalized spacial score (nSPS) is 15.9. The summed E-state index contributed by atoms with van der Waals surface area (Å²) in [6.45, 7) is 6.79. The van der Waals surface area contributed by atoms with Crippen molar-refractivity contribution in [2.75, 3.05) is 37.7 Å². The molecule has 1 aromatic heterocycles. The first-order chi connectivity index (χ1) is 9.61. The Morgan fingerprint density at radius 2 is 2.15 bits per heavy atom. The highest BCUT2D eigenvalue weighted by Crippen LogP contribution is 2.22. The first kappa shape index (κ1) is 14.8. The molecule has 0 atom stereocenters. The Labute approximate surface area is 122 Å². The second-order valence-electron chi connectivity index (χ2n) is 4.58. The van der Waals surface area contributed by atoms with Crippen molar-refractivity contribution >= 4 is 28.3 Å². The zero-order valence-electron chi connectivity index (χ0n) is 11.8. The first-order valence-electron chi connectivity index (χ1n) is 6.75. The minimum Gasteiger partial charge on any atom is -0.461 e. The van der Waals surface area contributed by atoms with Crippen LogP contribution in [0, 0.1) is 0 Å². The number of hydrogen-bond donors (Lipinski definition) is 0. The van der Waals surface area contributed by atoms with E-state index in [2.05, 4.69) is 9.88 Å². The van der Waals surface area contributed by atoms with Crippen LogP contribution in [0.2, 0.25) is 0 Å². The maximum Gasteiger partial charge on any atom is 0.357 e. The van der Waals surface area contributed by atoms with Crippen molar-refractivity contribution in [1.29, 1.82) is 0 Å². The van der Waals surface area contributed by atoms with Crippen LogP contribution in [0.15, 0.2) is 5.38 Å². The molecule has 0 N–H and O–H groups in total. The van der Waals surface area contributed by atoms with Gasteiger partial charge in [0.25, 0.3) is 0 Å². The summed E-state index contributed by atoms with van der Waals surface area (Å²) in [4.78, 5) is 31.3. The SMILES string of the molecule is CCOC(=O)c1csc(N2CCCN(C(C)=O)CC2)n1. The zero-order valence-corrected chi connectivity index (χ0v) is 12.6. The van der Waals surface area contributed by atoms with Crippen molar-refractivity contribution in [3.63, 3.8) is 0 Å². The molecule has 0 bridgehead atoms. The minimum absolute atomic E-state index is 0.109. The van der Waals surface area contributed by atoms with Gasteiger partial charge in [-0.1, -0.05) is 0 Å². The summed E-state index contributed by atoms with van der Waals surface area (Å²) in [6.07, 6.45) is 0.911. The number of nitrogens with zero attached hydrogens (tertiary/aromatic N) is 3. The van der Waals surface area contributed by atoms with Gasteiger partial charge in [-0.05, 0) is 13.3 Å². The number of anilines is 1. The van der Waals surface area contributed by atoms with Gasteiger partial charge in [0.05, 0.1) is 6.61 Å². The van der Waals surface area contributed by atoms with Crippen LogP contribution < -0.4 is 4.90 Å². The highest BCUT2D eigenvalue weighted by atomic mass is 32.1. The number of rotatable bonds is 3. The number of carbonyl (C=O) groups is 2. The quantitative estimate of drug-likeness (QED) is 0.789. The molecule has 1 aromatic rings. The van der Waals surface area contributed by atoms with E-state index in [0.717, 1.165) is 31.2 Å². The molecular weight excluding hydrogens is 278 g/mol. The number of ether oxygens (including phenoxy) is 1. The van der Waals surface area contributed by atoms with Gasteiger partial charge in [-0.3, -0.25) is 4.79 Å². The molecule has 20 heavy (non-hydrogen) atoms. The highest BCUT2D eigenvalue weighted by molar-refractivity contribution is 7.13. The van der Waals surface area contributed by atoms with E-state index < -0.39 is 0 Å². The molecule has 0 aromatic carbocycles. The number of hydrogen-bond acceptors (Lipinski definition) is 6. The molecule has 0 radical (unpaired) electrons. The third-order valence-electron chi connectivity index (χ3n) is 3.19. The average molecular weight is 297 g/mol. The van der Waals surface area contributed by atoms with Crippen LogP contribution >= 0.6 is 11.3 Å². The molecule has 2 rings (SSSR count). The third kappa shape index (κ3) is 3.47. The van der Waals surface area contributed by atoms with Crippen LogP contribution in [-0.4, -0.2) is 54.5 Å². The molecule has 7 heteroatoms. The molecule has 0 spiro atoms. The minimum atomic E-state index is -0.379. The van der Waals surface area contributed by atoms with E-state index in [0.29, 0.717) is 18.8 Å². The number of amides is 1. The molecule has 0 aliphatic carbocycles. The third-order valence-corrected chi connectivity index (χ3v) is 4.09. The summed E-state index contributed by atoms with van der Waals surface area (Å²) >= 11 is 1.44. The van der Waals surface area contributed by atoms with Crippen molar-refractivity contribution < 1.29 is 14.3 Å². The standard InChI is InChI=1S/C13H19N3O3S/c1-3-19-12(18)11-9-20-13(14-11)16-6-4-5-15(7-8-16)10(2)17/h9H,3-8H2,1-2H3. The number of carbonyl (C=O) groups excluding carboxylic acids is 2. The lowest BCUT2D eigenvalue weighted by atomic mass is 10.4. The molecule has 6 nitrogen and oxygen atoms in total. The second-order valence-corrected chi connectivity index (χ2v) is 5.42. The van der Waals surface area contributed by atoms with Gasteiger partial charge in [-0.25, -0.2) is 9.78 Å². The predicted octanol–water partition coefficient (Wildman–Crippen LogP) is 1.38. The van der Waals surface area contributed by atoms with Gasteiger partial charge in [0.2, 0.25) is 5.91 Å². The van der Waals surface area contributed by atoms with Crippen molar-refractivity contribution in [2.24, 2.45) is 0 Å². The first-order valence-corrected chi connectivity index (χ1v) is 7.63. The highest BCUT2D eigenvalue weighted by Gasteiger charge is 2.20. The number of esters is 1. The van der Waals surface area contributed by atoms with Gasteiger partial charge in [0, 0.05) is 38.5 Å². The van der Waals surface area contributed by atoms with Crippen molar-refractivity contribution in [2.45, 2.75) is 20.3 Å². The van der Waals surface area contributed by atoms with Crippen LogP contribution in [0.4, 0.5) is 5.13 Å². The van der Waals surface area contributed by atoms with E-state index in [1.165, 1.54) is 11.3 Å². The van der Waals surface area contributed by atoms with Crippen LogP contribution in [0.1, 0.15) is 30.8 Å². The molecule has 1 aliphatic rings. The Morgan fingerprint density at radius 3 is 2.85 bits per heavy atom. The van der Waals surface area contributed by atoms with E-state index in [1.807, 2.05) is 4.90 Å². The van der Waals surface area contributed by atoms with Crippen LogP contribution in [0.25, 0.3) is 0 Å². The summed E-state index contributed by atoms with van der Waals surface area (Å²) < 4.78 is 4.94.